The van der Waals surface area contributed by atoms with Crippen LogP contribution in [-0.4, -0.2) is 34.7 Å². The van der Waals surface area contributed by atoms with Crippen LogP contribution in [0.15, 0.2) is 6.07 Å². The smallest absolute Gasteiger partial charge is 0.324 e. The Balaban J connectivity index is 2.18. The lowest BCUT2D eigenvalue weighted by atomic mass is 10.1. The molecule has 2 rings (SSSR count). The summed E-state index contributed by atoms with van der Waals surface area (Å²) in [7, 11) is 0. The molecule has 0 saturated carbocycles. The number of ketones is 1. The predicted molar refractivity (Wildman–Crippen MR) is 73.0 cm³/mol. The molecule has 1 aromatic rings. The van der Waals surface area contributed by atoms with Gasteiger partial charge in [-0.05, 0) is 19.9 Å². The van der Waals surface area contributed by atoms with Gasteiger partial charge in [-0.1, -0.05) is 23.2 Å². The molecule has 0 bridgehead atoms. The second-order valence-electron chi connectivity index (χ2n) is 4.61. The van der Waals surface area contributed by atoms with Crippen molar-refractivity contribution in [1.29, 1.82) is 0 Å². The third kappa shape index (κ3) is 2.61. The highest BCUT2D eigenvalue weighted by atomic mass is 35.5. The van der Waals surface area contributed by atoms with Crippen molar-refractivity contribution in [2.45, 2.75) is 19.4 Å². The fraction of sp³-hybridized carbons (Fsp3) is 0.364. The van der Waals surface area contributed by atoms with Gasteiger partial charge >= 0.3 is 6.03 Å². The normalized spacial score (nSPS) is 17.8. The number of carbonyl (C=O) groups is 3. The minimum atomic E-state index is -0.993. The molecule has 3 amide bonds. The monoisotopic (exact) mass is 320 g/mol. The first-order chi connectivity index (χ1) is 8.72. The number of urea groups is 1. The minimum absolute atomic E-state index is 0.224. The van der Waals surface area contributed by atoms with Gasteiger partial charge in [0.15, 0.2) is 5.78 Å². The van der Waals surface area contributed by atoms with Crippen molar-refractivity contribution >= 4 is 52.3 Å². The number of Topliss-reactive ketones (excluding diaryl/α,β-unsaturated/α-hetero) is 1. The maximum absolute atomic E-state index is 12.0. The Morgan fingerprint density at radius 1 is 1.42 bits per heavy atom. The van der Waals surface area contributed by atoms with Crippen LogP contribution in [0.2, 0.25) is 8.67 Å². The molecule has 1 aromatic heterocycles. The van der Waals surface area contributed by atoms with Gasteiger partial charge in [0.05, 0.1) is 16.4 Å². The number of imide groups is 1. The van der Waals surface area contributed by atoms with E-state index in [1.54, 1.807) is 13.8 Å². The van der Waals surface area contributed by atoms with Crippen LogP contribution >= 0.6 is 34.5 Å². The fourth-order valence-electron chi connectivity index (χ4n) is 1.72. The molecule has 1 fully saturated rings. The van der Waals surface area contributed by atoms with E-state index in [0.29, 0.717) is 4.34 Å². The Kier molecular flexibility index (Phi) is 3.59. The largest absolute Gasteiger partial charge is 0.325 e. The van der Waals surface area contributed by atoms with Crippen LogP contribution < -0.4 is 5.32 Å². The van der Waals surface area contributed by atoms with E-state index in [-0.39, 0.29) is 16.4 Å². The van der Waals surface area contributed by atoms with E-state index >= 15 is 0 Å². The first kappa shape index (κ1) is 14.3. The van der Waals surface area contributed by atoms with Crippen LogP contribution in [0.3, 0.4) is 0 Å². The number of halogens is 2. The van der Waals surface area contributed by atoms with Crippen LogP contribution in [-0.2, 0) is 4.79 Å². The minimum Gasteiger partial charge on any atom is -0.324 e. The molecular formula is C11H10Cl2N2O3S. The molecule has 0 spiro atoms. The van der Waals surface area contributed by atoms with E-state index in [1.165, 1.54) is 6.07 Å². The lowest BCUT2D eigenvalue weighted by Crippen LogP contribution is -2.41. The summed E-state index contributed by atoms with van der Waals surface area (Å²) in [5.41, 5.74) is -0.769. The summed E-state index contributed by atoms with van der Waals surface area (Å²) in [6.07, 6.45) is 0. The molecule has 0 unspecified atom stereocenters. The summed E-state index contributed by atoms with van der Waals surface area (Å²) < 4.78 is 0.632. The Morgan fingerprint density at radius 2 is 2.05 bits per heavy atom. The number of amides is 3. The van der Waals surface area contributed by atoms with Gasteiger partial charge in [-0.2, -0.15) is 0 Å². The standard InChI is InChI=1S/C11H10Cl2N2O3S/c1-11(2)9(17)15(10(18)14-11)4-6(16)5-3-7(12)19-8(5)13/h3H,4H2,1-2H3,(H,14,18). The molecule has 0 radical (unpaired) electrons. The lowest BCUT2D eigenvalue weighted by Gasteiger charge is -2.15. The van der Waals surface area contributed by atoms with Crippen LogP contribution in [0.5, 0.6) is 0 Å². The van der Waals surface area contributed by atoms with Crippen molar-refractivity contribution in [1.82, 2.24) is 10.2 Å². The summed E-state index contributed by atoms with van der Waals surface area (Å²) in [6.45, 7) is 2.80. The number of hydrogen-bond acceptors (Lipinski definition) is 4. The van der Waals surface area contributed by atoms with E-state index in [2.05, 4.69) is 5.32 Å². The zero-order valence-electron chi connectivity index (χ0n) is 10.1. The van der Waals surface area contributed by atoms with Gasteiger partial charge in [-0.3, -0.25) is 14.5 Å². The Labute approximate surface area is 123 Å². The Bertz CT molecular complexity index is 582. The third-order valence-corrected chi connectivity index (χ3v) is 4.19. The van der Waals surface area contributed by atoms with Crippen LogP contribution in [0.25, 0.3) is 0 Å². The Hall–Kier alpha value is -1.11. The molecule has 2 heterocycles. The molecule has 102 valence electrons. The third-order valence-electron chi connectivity index (χ3n) is 2.70. The van der Waals surface area contributed by atoms with Crippen molar-refractivity contribution in [2.24, 2.45) is 0 Å². The number of nitrogens with zero attached hydrogens (tertiary/aromatic N) is 1. The molecule has 0 atom stereocenters. The van der Waals surface area contributed by atoms with Crippen molar-refractivity contribution in [3.8, 4) is 0 Å². The number of carbonyl (C=O) groups excluding carboxylic acids is 3. The SMILES string of the molecule is CC1(C)NC(=O)N(CC(=O)c2cc(Cl)sc2Cl)C1=O. The summed E-state index contributed by atoms with van der Waals surface area (Å²) in [6, 6.07) is 0.848. The zero-order chi connectivity index (χ0) is 14.4. The summed E-state index contributed by atoms with van der Waals surface area (Å²) >= 11 is 12.7. The first-order valence-electron chi connectivity index (χ1n) is 5.34. The number of rotatable bonds is 3. The number of nitrogens with one attached hydrogen (secondary N) is 1. The van der Waals surface area contributed by atoms with E-state index in [0.717, 1.165) is 16.2 Å². The average Bonchev–Trinajstić information content (AvgIpc) is 2.71. The van der Waals surface area contributed by atoms with Crippen molar-refractivity contribution in [2.75, 3.05) is 6.54 Å². The fourth-order valence-corrected chi connectivity index (χ4v) is 3.22. The quantitative estimate of drug-likeness (QED) is 0.687. The zero-order valence-corrected chi connectivity index (χ0v) is 12.4. The van der Waals surface area contributed by atoms with E-state index in [1.807, 2.05) is 0 Å². The molecule has 1 aliphatic rings. The molecule has 1 saturated heterocycles. The number of thiophene rings is 1. The van der Waals surface area contributed by atoms with E-state index < -0.39 is 23.3 Å². The van der Waals surface area contributed by atoms with E-state index in [9.17, 15) is 14.4 Å². The molecule has 8 heteroatoms. The average molecular weight is 321 g/mol. The van der Waals surface area contributed by atoms with Gasteiger partial charge in [0, 0.05) is 0 Å². The van der Waals surface area contributed by atoms with Gasteiger partial charge in [0.1, 0.15) is 9.88 Å². The highest BCUT2D eigenvalue weighted by Crippen LogP contribution is 2.31. The van der Waals surface area contributed by atoms with Crippen molar-refractivity contribution in [3.63, 3.8) is 0 Å². The summed E-state index contributed by atoms with van der Waals surface area (Å²) in [4.78, 5) is 36.5. The predicted octanol–water partition coefficient (Wildman–Crippen LogP) is 2.57. The molecule has 5 nitrogen and oxygen atoms in total. The molecular weight excluding hydrogens is 311 g/mol. The lowest BCUT2D eigenvalue weighted by molar-refractivity contribution is -0.129. The van der Waals surface area contributed by atoms with Gasteiger partial charge < -0.3 is 5.32 Å². The molecule has 1 N–H and O–H groups in total. The van der Waals surface area contributed by atoms with Crippen molar-refractivity contribution < 1.29 is 14.4 Å². The van der Waals surface area contributed by atoms with Crippen LogP contribution in [0.1, 0.15) is 24.2 Å². The summed E-state index contributed by atoms with van der Waals surface area (Å²) in [5, 5.41) is 2.50. The van der Waals surface area contributed by atoms with E-state index in [4.69, 9.17) is 23.2 Å². The Morgan fingerprint density at radius 3 is 2.47 bits per heavy atom. The topological polar surface area (TPSA) is 66.5 Å². The summed E-state index contributed by atoms with van der Waals surface area (Å²) in [5.74, 6) is -0.863. The maximum Gasteiger partial charge on any atom is 0.325 e. The highest BCUT2D eigenvalue weighted by molar-refractivity contribution is 7.20. The van der Waals surface area contributed by atoms with Gasteiger partial charge in [-0.25, -0.2) is 4.79 Å². The molecule has 19 heavy (non-hydrogen) atoms. The van der Waals surface area contributed by atoms with Crippen LogP contribution in [0.4, 0.5) is 4.79 Å². The second kappa shape index (κ2) is 4.77. The first-order valence-corrected chi connectivity index (χ1v) is 6.92. The highest BCUT2D eigenvalue weighted by Gasteiger charge is 2.45. The number of hydrogen-bond donors (Lipinski definition) is 1. The molecule has 1 aliphatic heterocycles. The van der Waals surface area contributed by atoms with Crippen molar-refractivity contribution in [3.05, 3.63) is 20.3 Å². The second-order valence-corrected chi connectivity index (χ2v) is 6.89. The maximum atomic E-state index is 12.0. The van der Waals surface area contributed by atoms with Gasteiger partial charge in [-0.15, -0.1) is 11.3 Å². The van der Waals surface area contributed by atoms with Crippen LogP contribution in [0, 0.1) is 0 Å². The van der Waals surface area contributed by atoms with Gasteiger partial charge in [0.25, 0.3) is 5.91 Å². The molecule has 0 aromatic carbocycles. The van der Waals surface area contributed by atoms with Gasteiger partial charge in [0.2, 0.25) is 0 Å². The molecule has 0 aliphatic carbocycles.